The second-order valence-corrected chi connectivity index (χ2v) is 5.19. The highest BCUT2D eigenvalue weighted by atomic mass is 32.1. The highest BCUT2D eigenvalue weighted by Gasteiger charge is 2.37. The third-order valence-corrected chi connectivity index (χ3v) is 4.18. The number of hydrogen-bond donors (Lipinski definition) is 1. The van der Waals surface area contributed by atoms with Crippen molar-refractivity contribution in [2.24, 2.45) is 5.92 Å². The maximum atomic E-state index is 11.9. The van der Waals surface area contributed by atoms with E-state index in [1.165, 1.54) is 23.3 Å². The molecule has 1 aliphatic rings. The maximum absolute atomic E-state index is 11.9. The molecule has 1 N–H and O–H groups in total. The van der Waals surface area contributed by atoms with Crippen LogP contribution in [0.15, 0.2) is 5.38 Å². The summed E-state index contributed by atoms with van der Waals surface area (Å²) in [6.07, 6.45) is -0.0348. The average molecular weight is 283 g/mol. The number of hydrogen-bond acceptors (Lipinski definition) is 5. The molecule has 102 valence electrons. The summed E-state index contributed by atoms with van der Waals surface area (Å²) < 4.78 is 4.70. The molecule has 0 radical (unpaired) electrons. The van der Waals surface area contributed by atoms with Crippen LogP contribution >= 0.6 is 11.3 Å². The van der Waals surface area contributed by atoms with Crippen LogP contribution in [-0.4, -0.2) is 36.6 Å². The Kier molecular flexibility index (Phi) is 3.57. The van der Waals surface area contributed by atoms with E-state index in [9.17, 15) is 14.4 Å². The Balaban J connectivity index is 2.35. The molecule has 1 atom stereocenters. The van der Waals surface area contributed by atoms with Crippen LogP contribution < -0.4 is 4.90 Å². The van der Waals surface area contributed by atoms with Crippen LogP contribution in [0.3, 0.4) is 0 Å². The number of thiophene rings is 1. The van der Waals surface area contributed by atoms with Gasteiger partial charge in [-0.15, -0.1) is 11.3 Å². The van der Waals surface area contributed by atoms with Gasteiger partial charge in [-0.3, -0.25) is 9.59 Å². The van der Waals surface area contributed by atoms with Gasteiger partial charge in [0.2, 0.25) is 5.91 Å². The molecule has 2 rings (SSSR count). The van der Waals surface area contributed by atoms with E-state index < -0.39 is 17.9 Å². The molecule has 1 amide bonds. The van der Waals surface area contributed by atoms with Gasteiger partial charge >= 0.3 is 11.9 Å². The molecule has 1 saturated heterocycles. The third-order valence-electron chi connectivity index (χ3n) is 3.06. The van der Waals surface area contributed by atoms with Gasteiger partial charge in [-0.25, -0.2) is 4.79 Å². The van der Waals surface area contributed by atoms with E-state index in [1.54, 1.807) is 12.3 Å². The second-order valence-electron chi connectivity index (χ2n) is 4.33. The molecule has 0 saturated carbocycles. The number of carboxylic acid groups (broad SMARTS) is 1. The molecular formula is C12H13NO5S. The quantitative estimate of drug-likeness (QED) is 0.845. The summed E-state index contributed by atoms with van der Waals surface area (Å²) >= 11 is 1.25. The summed E-state index contributed by atoms with van der Waals surface area (Å²) in [6, 6.07) is 0. The summed E-state index contributed by atoms with van der Waals surface area (Å²) in [5.74, 6) is -2.51. The first-order valence-electron chi connectivity index (χ1n) is 5.65. The van der Waals surface area contributed by atoms with Gasteiger partial charge in [-0.1, -0.05) is 0 Å². The van der Waals surface area contributed by atoms with Crippen molar-refractivity contribution in [3.63, 3.8) is 0 Å². The van der Waals surface area contributed by atoms with E-state index in [1.807, 2.05) is 0 Å². The van der Waals surface area contributed by atoms with Crippen LogP contribution in [0.5, 0.6) is 0 Å². The molecule has 7 heteroatoms. The van der Waals surface area contributed by atoms with E-state index >= 15 is 0 Å². The minimum atomic E-state index is -0.997. The molecule has 0 spiro atoms. The number of carboxylic acids is 1. The van der Waals surface area contributed by atoms with Gasteiger partial charge in [0.15, 0.2) is 0 Å². The topological polar surface area (TPSA) is 83.9 Å². The first kappa shape index (κ1) is 13.5. The van der Waals surface area contributed by atoms with Crippen molar-refractivity contribution in [1.82, 2.24) is 0 Å². The minimum absolute atomic E-state index is 0.0348. The Morgan fingerprint density at radius 2 is 2.21 bits per heavy atom. The monoisotopic (exact) mass is 283 g/mol. The number of carbonyl (C=O) groups is 3. The van der Waals surface area contributed by atoms with Crippen molar-refractivity contribution in [2.75, 3.05) is 18.6 Å². The normalized spacial score (nSPS) is 18.7. The first-order chi connectivity index (χ1) is 8.95. The molecule has 19 heavy (non-hydrogen) atoms. The number of esters is 1. The fourth-order valence-corrected chi connectivity index (χ4v) is 3.12. The maximum Gasteiger partial charge on any atom is 0.341 e. The largest absolute Gasteiger partial charge is 0.481 e. The van der Waals surface area contributed by atoms with Crippen molar-refractivity contribution in [3.8, 4) is 0 Å². The summed E-state index contributed by atoms with van der Waals surface area (Å²) in [7, 11) is 1.27. The zero-order chi connectivity index (χ0) is 14.2. The lowest BCUT2D eigenvalue weighted by molar-refractivity contribution is -0.141. The number of methoxy groups -OCH3 is 1. The van der Waals surface area contributed by atoms with Crippen molar-refractivity contribution >= 4 is 34.2 Å². The van der Waals surface area contributed by atoms with Gasteiger partial charge in [0, 0.05) is 13.0 Å². The smallest absolute Gasteiger partial charge is 0.341 e. The Morgan fingerprint density at radius 3 is 2.74 bits per heavy atom. The number of rotatable bonds is 3. The lowest BCUT2D eigenvalue weighted by Crippen LogP contribution is -2.26. The van der Waals surface area contributed by atoms with Gasteiger partial charge in [0.25, 0.3) is 0 Å². The van der Waals surface area contributed by atoms with Crippen molar-refractivity contribution in [2.45, 2.75) is 13.3 Å². The van der Waals surface area contributed by atoms with Crippen LogP contribution in [0.4, 0.5) is 5.00 Å². The third kappa shape index (κ3) is 2.33. The fourth-order valence-electron chi connectivity index (χ4n) is 2.05. The van der Waals surface area contributed by atoms with E-state index in [4.69, 9.17) is 9.84 Å². The second kappa shape index (κ2) is 5.00. The summed E-state index contributed by atoms with van der Waals surface area (Å²) in [5, 5.41) is 11.2. The summed E-state index contributed by atoms with van der Waals surface area (Å²) in [4.78, 5) is 35.9. The van der Waals surface area contributed by atoms with Gasteiger partial charge in [0.05, 0.1) is 18.6 Å². The highest BCUT2D eigenvalue weighted by molar-refractivity contribution is 7.15. The SMILES string of the molecule is COC(=O)c1c(C)csc1N1CC(C(=O)O)CC1=O. The van der Waals surface area contributed by atoms with Crippen LogP contribution in [-0.2, 0) is 14.3 Å². The molecule has 1 aromatic rings. The van der Waals surface area contributed by atoms with Crippen LogP contribution in [0.25, 0.3) is 0 Å². The molecule has 0 aliphatic carbocycles. The molecule has 6 nitrogen and oxygen atoms in total. The number of ether oxygens (including phenoxy) is 1. The number of carbonyl (C=O) groups excluding carboxylic acids is 2. The molecule has 1 unspecified atom stereocenters. The molecule has 2 heterocycles. The lowest BCUT2D eigenvalue weighted by atomic mass is 10.1. The van der Waals surface area contributed by atoms with Crippen LogP contribution in [0.1, 0.15) is 22.3 Å². The summed E-state index contributed by atoms with van der Waals surface area (Å²) in [5.41, 5.74) is 1.06. The van der Waals surface area contributed by atoms with Gasteiger partial charge < -0.3 is 14.7 Å². The molecular weight excluding hydrogens is 270 g/mol. The molecule has 1 aromatic heterocycles. The Morgan fingerprint density at radius 1 is 1.53 bits per heavy atom. The minimum Gasteiger partial charge on any atom is -0.481 e. The lowest BCUT2D eigenvalue weighted by Gasteiger charge is -2.15. The average Bonchev–Trinajstić information content (AvgIpc) is 2.91. The van der Waals surface area contributed by atoms with Crippen LogP contribution in [0.2, 0.25) is 0 Å². The molecule has 0 bridgehead atoms. The molecule has 1 fully saturated rings. The number of nitrogens with zero attached hydrogens (tertiary/aromatic N) is 1. The van der Waals surface area contributed by atoms with E-state index in [0.717, 1.165) is 5.56 Å². The van der Waals surface area contributed by atoms with E-state index in [2.05, 4.69) is 0 Å². The fraction of sp³-hybridized carbons (Fsp3) is 0.417. The number of aryl methyl sites for hydroxylation is 1. The van der Waals surface area contributed by atoms with Crippen molar-refractivity contribution < 1.29 is 24.2 Å². The predicted molar refractivity (Wildman–Crippen MR) is 68.5 cm³/mol. The highest BCUT2D eigenvalue weighted by Crippen LogP contribution is 2.35. The Bertz CT molecular complexity index is 550. The molecule has 0 aromatic carbocycles. The number of amides is 1. The standard InChI is InChI=1S/C12H13NO5S/c1-6-5-19-10(9(6)12(17)18-2)13-4-7(11(15)16)3-8(13)14/h5,7H,3-4H2,1-2H3,(H,15,16). The number of aliphatic carboxylic acids is 1. The number of anilines is 1. The zero-order valence-corrected chi connectivity index (χ0v) is 11.3. The Hall–Kier alpha value is -1.89. The Labute approximate surface area is 113 Å². The van der Waals surface area contributed by atoms with E-state index in [0.29, 0.717) is 10.6 Å². The first-order valence-corrected chi connectivity index (χ1v) is 6.53. The van der Waals surface area contributed by atoms with Crippen LogP contribution in [0, 0.1) is 12.8 Å². The molecule has 1 aliphatic heterocycles. The van der Waals surface area contributed by atoms with Crippen molar-refractivity contribution in [3.05, 3.63) is 16.5 Å². The van der Waals surface area contributed by atoms with Gasteiger partial charge in [0.1, 0.15) is 5.00 Å². The summed E-state index contributed by atoms with van der Waals surface area (Å²) in [6.45, 7) is 1.85. The van der Waals surface area contributed by atoms with Gasteiger partial charge in [-0.05, 0) is 17.9 Å². The predicted octanol–water partition coefficient (Wildman–Crippen LogP) is 1.28. The zero-order valence-electron chi connectivity index (χ0n) is 10.5. The van der Waals surface area contributed by atoms with Gasteiger partial charge in [-0.2, -0.15) is 0 Å². The van der Waals surface area contributed by atoms with Crippen molar-refractivity contribution in [1.29, 1.82) is 0 Å². The van der Waals surface area contributed by atoms with E-state index in [-0.39, 0.29) is 18.9 Å².